The van der Waals surface area contributed by atoms with E-state index in [4.69, 9.17) is 13.9 Å². The van der Waals surface area contributed by atoms with Crippen LogP contribution in [-0.4, -0.2) is 20.1 Å². The maximum absolute atomic E-state index is 11.9. The van der Waals surface area contributed by atoms with Gasteiger partial charge in [-0.25, -0.2) is 0 Å². The van der Waals surface area contributed by atoms with Crippen molar-refractivity contribution in [3.8, 4) is 11.5 Å². The zero-order valence-corrected chi connectivity index (χ0v) is 13.7. The topological polar surface area (TPSA) is 60.7 Å². The lowest BCUT2D eigenvalue weighted by Crippen LogP contribution is -2.09. The third kappa shape index (κ3) is 4.25. The molecular weight excluding hydrogens is 385 g/mol. The van der Waals surface area contributed by atoms with Gasteiger partial charge in [-0.2, -0.15) is 0 Å². The van der Waals surface area contributed by atoms with Gasteiger partial charge in [0.1, 0.15) is 17.3 Å². The first kappa shape index (κ1) is 15.4. The lowest BCUT2D eigenvalue weighted by atomic mass is 10.2. The van der Waals surface area contributed by atoms with Crippen molar-refractivity contribution < 1.29 is 18.7 Å². The zero-order valence-electron chi connectivity index (χ0n) is 11.6. The first-order valence-electron chi connectivity index (χ1n) is 6.09. The molecule has 1 aromatic heterocycles. The summed E-state index contributed by atoms with van der Waals surface area (Å²) in [5, 5.41) is 2.74. The number of hydrogen-bond donors (Lipinski definition) is 1. The van der Waals surface area contributed by atoms with E-state index in [1.807, 2.05) is 6.07 Å². The molecular formula is C15H14INO4. The highest BCUT2D eigenvalue weighted by atomic mass is 127. The van der Waals surface area contributed by atoms with Crippen LogP contribution >= 0.6 is 22.6 Å². The second-order valence-corrected chi connectivity index (χ2v) is 5.09. The molecule has 6 heteroatoms. The molecule has 2 rings (SSSR count). The molecule has 0 atom stereocenters. The molecule has 1 heterocycles. The Balaban J connectivity index is 2.10. The molecule has 0 aliphatic carbocycles. The number of furan rings is 1. The Kier molecular flexibility index (Phi) is 5.26. The van der Waals surface area contributed by atoms with Crippen molar-refractivity contribution >= 4 is 40.3 Å². The average molecular weight is 399 g/mol. The largest absolute Gasteiger partial charge is 0.497 e. The monoisotopic (exact) mass is 399 g/mol. The van der Waals surface area contributed by atoms with Crippen LogP contribution in [-0.2, 0) is 4.79 Å². The quantitative estimate of drug-likeness (QED) is 0.617. The van der Waals surface area contributed by atoms with Crippen molar-refractivity contribution in [3.05, 3.63) is 45.9 Å². The van der Waals surface area contributed by atoms with Gasteiger partial charge >= 0.3 is 0 Å². The number of rotatable bonds is 5. The van der Waals surface area contributed by atoms with Gasteiger partial charge in [0.2, 0.25) is 5.91 Å². The molecule has 21 heavy (non-hydrogen) atoms. The molecule has 0 unspecified atom stereocenters. The second-order valence-electron chi connectivity index (χ2n) is 4.03. The summed E-state index contributed by atoms with van der Waals surface area (Å²) in [5.74, 6) is 1.53. The lowest BCUT2D eigenvalue weighted by molar-refractivity contribution is -0.111. The summed E-state index contributed by atoms with van der Waals surface area (Å²) in [7, 11) is 3.10. The maximum Gasteiger partial charge on any atom is 0.248 e. The smallest absolute Gasteiger partial charge is 0.248 e. The zero-order chi connectivity index (χ0) is 15.2. The number of carbonyl (C=O) groups excluding carboxylic acids is 1. The summed E-state index contributed by atoms with van der Waals surface area (Å²) in [6.45, 7) is 0. The van der Waals surface area contributed by atoms with E-state index >= 15 is 0 Å². The predicted molar refractivity (Wildman–Crippen MR) is 88.6 cm³/mol. The fraction of sp³-hybridized carbons (Fsp3) is 0.133. The molecule has 0 saturated heterocycles. The molecule has 0 radical (unpaired) electrons. The van der Waals surface area contributed by atoms with E-state index in [2.05, 4.69) is 27.9 Å². The molecule has 1 N–H and O–H groups in total. The van der Waals surface area contributed by atoms with Gasteiger partial charge in [-0.1, -0.05) is 0 Å². The summed E-state index contributed by atoms with van der Waals surface area (Å²) < 4.78 is 16.4. The number of anilines is 1. The van der Waals surface area contributed by atoms with Gasteiger partial charge < -0.3 is 19.2 Å². The van der Waals surface area contributed by atoms with E-state index in [-0.39, 0.29) is 5.91 Å². The van der Waals surface area contributed by atoms with Crippen LogP contribution in [0.4, 0.5) is 5.69 Å². The number of nitrogens with one attached hydrogen (secondary N) is 1. The van der Waals surface area contributed by atoms with Gasteiger partial charge in [-0.3, -0.25) is 4.79 Å². The van der Waals surface area contributed by atoms with Gasteiger partial charge in [0.25, 0.3) is 0 Å². The second kappa shape index (κ2) is 7.16. The lowest BCUT2D eigenvalue weighted by Gasteiger charge is -2.10. The molecule has 1 amide bonds. The molecule has 0 saturated carbocycles. The first-order valence-corrected chi connectivity index (χ1v) is 7.16. The highest BCUT2D eigenvalue weighted by Gasteiger charge is 2.07. The fourth-order valence-corrected chi connectivity index (χ4v) is 2.10. The highest BCUT2D eigenvalue weighted by Crippen LogP contribution is 2.28. The summed E-state index contributed by atoms with van der Waals surface area (Å²) in [6.07, 6.45) is 3.00. The van der Waals surface area contributed by atoms with Crippen molar-refractivity contribution in [2.75, 3.05) is 19.5 Å². The first-order chi connectivity index (χ1) is 10.1. The maximum atomic E-state index is 11.9. The van der Waals surface area contributed by atoms with Crippen molar-refractivity contribution in [2.45, 2.75) is 0 Å². The number of amides is 1. The molecule has 0 aliphatic rings. The minimum atomic E-state index is -0.284. The van der Waals surface area contributed by atoms with Gasteiger partial charge in [0.05, 0.1) is 19.9 Å². The molecule has 1 aromatic carbocycles. The molecule has 5 nitrogen and oxygen atoms in total. The van der Waals surface area contributed by atoms with E-state index in [0.29, 0.717) is 22.9 Å². The third-order valence-electron chi connectivity index (χ3n) is 2.66. The van der Waals surface area contributed by atoms with Crippen LogP contribution in [0.1, 0.15) is 5.76 Å². The molecule has 2 aromatic rings. The Bertz CT molecular complexity index is 663. The summed E-state index contributed by atoms with van der Waals surface area (Å²) in [6, 6.07) is 8.80. The van der Waals surface area contributed by atoms with Crippen molar-refractivity contribution in [2.24, 2.45) is 0 Å². The standard InChI is InChI=1S/C15H14INO4/c1-19-11-3-6-13(20-2)12(9-11)17-15(18)8-5-10-4-7-14(16)21-10/h3-9H,1-2H3,(H,17,18)/b8-5+. The molecule has 0 aliphatic heterocycles. The van der Waals surface area contributed by atoms with Gasteiger partial charge in [-0.15, -0.1) is 0 Å². The highest BCUT2D eigenvalue weighted by molar-refractivity contribution is 14.1. The van der Waals surface area contributed by atoms with E-state index in [9.17, 15) is 4.79 Å². The summed E-state index contributed by atoms with van der Waals surface area (Å²) >= 11 is 2.06. The van der Waals surface area contributed by atoms with Crippen LogP contribution in [0.15, 0.2) is 40.8 Å². The van der Waals surface area contributed by atoms with E-state index in [1.165, 1.54) is 13.2 Å². The van der Waals surface area contributed by atoms with E-state index < -0.39 is 0 Å². The minimum absolute atomic E-state index is 0.284. The molecule has 0 spiro atoms. The third-order valence-corrected chi connectivity index (χ3v) is 3.24. The van der Waals surface area contributed by atoms with Crippen molar-refractivity contribution in [3.63, 3.8) is 0 Å². The average Bonchev–Trinajstić information content (AvgIpc) is 2.90. The Morgan fingerprint density at radius 3 is 2.67 bits per heavy atom. The Labute approximate surface area is 136 Å². The van der Waals surface area contributed by atoms with Crippen LogP contribution in [0.2, 0.25) is 0 Å². The number of hydrogen-bond acceptors (Lipinski definition) is 4. The van der Waals surface area contributed by atoms with E-state index in [1.54, 1.807) is 37.5 Å². The van der Waals surface area contributed by atoms with Gasteiger partial charge in [-0.05, 0) is 52.9 Å². The molecule has 0 bridgehead atoms. The number of halogens is 1. The SMILES string of the molecule is COc1ccc(OC)c(NC(=O)/C=C/c2ccc(I)o2)c1. The normalized spacial score (nSPS) is 10.6. The van der Waals surface area contributed by atoms with E-state index in [0.717, 1.165) is 3.77 Å². The molecule has 0 fully saturated rings. The Morgan fingerprint density at radius 2 is 2.05 bits per heavy atom. The molecule has 110 valence electrons. The number of carbonyl (C=O) groups is 1. The number of methoxy groups -OCH3 is 2. The van der Waals surface area contributed by atoms with Crippen molar-refractivity contribution in [1.82, 2.24) is 0 Å². The Morgan fingerprint density at radius 1 is 1.24 bits per heavy atom. The van der Waals surface area contributed by atoms with Crippen LogP contribution in [0, 0.1) is 3.77 Å². The van der Waals surface area contributed by atoms with Gasteiger partial charge in [0.15, 0.2) is 3.77 Å². The summed E-state index contributed by atoms with van der Waals surface area (Å²) in [5.41, 5.74) is 0.542. The minimum Gasteiger partial charge on any atom is -0.497 e. The van der Waals surface area contributed by atoms with Crippen LogP contribution in [0.3, 0.4) is 0 Å². The number of benzene rings is 1. The van der Waals surface area contributed by atoms with Crippen LogP contribution in [0.25, 0.3) is 6.08 Å². The van der Waals surface area contributed by atoms with Crippen molar-refractivity contribution in [1.29, 1.82) is 0 Å². The number of ether oxygens (including phenoxy) is 2. The van der Waals surface area contributed by atoms with Gasteiger partial charge in [0, 0.05) is 12.1 Å². The van der Waals surface area contributed by atoms with Crippen LogP contribution in [0.5, 0.6) is 11.5 Å². The van der Waals surface area contributed by atoms with Crippen LogP contribution < -0.4 is 14.8 Å². The summed E-state index contributed by atoms with van der Waals surface area (Å²) in [4.78, 5) is 11.9. The predicted octanol–water partition coefficient (Wildman–Crippen LogP) is 3.55. The fourth-order valence-electron chi connectivity index (χ4n) is 1.66. The Hall–Kier alpha value is -1.96.